The lowest BCUT2D eigenvalue weighted by atomic mass is 10.0. The molecular formula is C18H13F2NO3. The largest absolute Gasteiger partial charge is 0.494 e. The van der Waals surface area contributed by atoms with E-state index in [0.29, 0.717) is 23.3 Å². The molecule has 0 aliphatic heterocycles. The first kappa shape index (κ1) is 15.9. The molecule has 0 bridgehead atoms. The SMILES string of the molecule is CCOc1ccc2nc(-c3cc(F)ccc3F)cc(C(=O)O)c2c1. The Kier molecular flexibility index (Phi) is 4.12. The highest BCUT2D eigenvalue weighted by molar-refractivity contribution is 6.04. The number of hydrogen-bond donors (Lipinski definition) is 1. The molecule has 1 heterocycles. The highest BCUT2D eigenvalue weighted by Gasteiger charge is 2.16. The molecular weight excluding hydrogens is 316 g/mol. The van der Waals surface area contributed by atoms with Crippen LogP contribution in [0.3, 0.4) is 0 Å². The zero-order valence-electron chi connectivity index (χ0n) is 12.7. The summed E-state index contributed by atoms with van der Waals surface area (Å²) in [6, 6.07) is 9.01. The maximum Gasteiger partial charge on any atom is 0.336 e. The lowest BCUT2D eigenvalue weighted by molar-refractivity contribution is 0.0699. The van der Waals surface area contributed by atoms with Gasteiger partial charge in [-0.2, -0.15) is 0 Å². The van der Waals surface area contributed by atoms with Crippen molar-refractivity contribution in [3.63, 3.8) is 0 Å². The summed E-state index contributed by atoms with van der Waals surface area (Å²) in [6.45, 7) is 2.25. The van der Waals surface area contributed by atoms with E-state index in [1.54, 1.807) is 18.2 Å². The van der Waals surface area contributed by atoms with Gasteiger partial charge in [0.15, 0.2) is 0 Å². The Morgan fingerprint density at radius 3 is 2.67 bits per heavy atom. The van der Waals surface area contributed by atoms with Crippen molar-refractivity contribution in [2.75, 3.05) is 6.61 Å². The zero-order valence-corrected chi connectivity index (χ0v) is 12.7. The van der Waals surface area contributed by atoms with Crippen molar-refractivity contribution in [2.24, 2.45) is 0 Å². The number of benzene rings is 2. The van der Waals surface area contributed by atoms with E-state index in [1.165, 1.54) is 6.07 Å². The van der Waals surface area contributed by atoms with Crippen molar-refractivity contribution >= 4 is 16.9 Å². The first-order valence-electron chi connectivity index (χ1n) is 7.26. The number of hydrogen-bond acceptors (Lipinski definition) is 3. The fourth-order valence-electron chi connectivity index (χ4n) is 2.47. The summed E-state index contributed by atoms with van der Waals surface area (Å²) in [7, 11) is 0. The molecule has 1 aromatic heterocycles. The van der Waals surface area contributed by atoms with E-state index in [0.717, 1.165) is 18.2 Å². The fourth-order valence-corrected chi connectivity index (χ4v) is 2.47. The van der Waals surface area contributed by atoms with Gasteiger partial charge in [-0.1, -0.05) is 0 Å². The first-order chi connectivity index (χ1) is 11.5. The number of rotatable bonds is 4. The molecule has 122 valence electrons. The highest BCUT2D eigenvalue weighted by Crippen LogP contribution is 2.29. The van der Waals surface area contributed by atoms with Crippen LogP contribution in [0.5, 0.6) is 5.75 Å². The lowest BCUT2D eigenvalue weighted by Crippen LogP contribution is -2.02. The average Bonchev–Trinajstić information content (AvgIpc) is 2.56. The second-order valence-electron chi connectivity index (χ2n) is 5.10. The molecule has 24 heavy (non-hydrogen) atoms. The molecule has 0 aliphatic rings. The molecule has 0 spiro atoms. The number of carbonyl (C=O) groups is 1. The molecule has 0 saturated heterocycles. The molecule has 3 aromatic rings. The smallest absolute Gasteiger partial charge is 0.336 e. The van der Waals surface area contributed by atoms with E-state index < -0.39 is 17.6 Å². The monoisotopic (exact) mass is 329 g/mol. The summed E-state index contributed by atoms with van der Waals surface area (Å²) >= 11 is 0. The Hall–Kier alpha value is -3.02. The first-order valence-corrected chi connectivity index (χ1v) is 7.26. The van der Waals surface area contributed by atoms with E-state index in [-0.39, 0.29) is 16.8 Å². The molecule has 0 amide bonds. The molecule has 4 nitrogen and oxygen atoms in total. The van der Waals surface area contributed by atoms with Gasteiger partial charge < -0.3 is 9.84 Å². The molecule has 0 saturated carbocycles. The maximum atomic E-state index is 14.0. The van der Waals surface area contributed by atoms with Crippen molar-refractivity contribution in [1.82, 2.24) is 4.98 Å². The molecule has 2 aromatic carbocycles. The van der Waals surface area contributed by atoms with E-state index in [1.807, 2.05) is 6.92 Å². The van der Waals surface area contributed by atoms with Crippen LogP contribution in [0, 0.1) is 11.6 Å². The average molecular weight is 329 g/mol. The Morgan fingerprint density at radius 2 is 1.96 bits per heavy atom. The normalized spacial score (nSPS) is 10.8. The van der Waals surface area contributed by atoms with Gasteiger partial charge in [0.25, 0.3) is 0 Å². The summed E-state index contributed by atoms with van der Waals surface area (Å²) in [5, 5.41) is 9.83. The van der Waals surface area contributed by atoms with Gasteiger partial charge in [-0.05, 0) is 49.4 Å². The fraction of sp³-hybridized carbons (Fsp3) is 0.111. The van der Waals surface area contributed by atoms with Crippen molar-refractivity contribution < 1.29 is 23.4 Å². The number of ether oxygens (including phenoxy) is 1. The van der Waals surface area contributed by atoms with Gasteiger partial charge in [-0.25, -0.2) is 18.6 Å². The van der Waals surface area contributed by atoms with Crippen LogP contribution in [0.1, 0.15) is 17.3 Å². The Bertz CT molecular complexity index is 941. The molecule has 1 N–H and O–H groups in total. The summed E-state index contributed by atoms with van der Waals surface area (Å²) < 4.78 is 32.8. The molecule has 6 heteroatoms. The number of pyridine rings is 1. The topological polar surface area (TPSA) is 59.4 Å². The summed E-state index contributed by atoms with van der Waals surface area (Å²) in [4.78, 5) is 15.8. The molecule has 0 fully saturated rings. The Balaban J connectivity index is 2.26. The van der Waals surface area contributed by atoms with Gasteiger partial charge in [0.1, 0.15) is 17.4 Å². The van der Waals surface area contributed by atoms with Crippen molar-refractivity contribution in [1.29, 1.82) is 0 Å². The van der Waals surface area contributed by atoms with Crippen molar-refractivity contribution in [3.05, 3.63) is 59.7 Å². The number of carboxylic acids is 1. The number of aromatic carboxylic acids is 1. The van der Waals surface area contributed by atoms with Crippen LogP contribution < -0.4 is 4.74 Å². The van der Waals surface area contributed by atoms with Gasteiger partial charge >= 0.3 is 5.97 Å². The molecule has 3 rings (SSSR count). The summed E-state index contributed by atoms with van der Waals surface area (Å²) in [6.07, 6.45) is 0. The van der Waals surface area contributed by atoms with E-state index in [9.17, 15) is 18.7 Å². The van der Waals surface area contributed by atoms with Crippen LogP contribution in [-0.2, 0) is 0 Å². The van der Waals surface area contributed by atoms with Gasteiger partial charge in [-0.3, -0.25) is 0 Å². The minimum absolute atomic E-state index is 0.0554. The number of nitrogens with zero attached hydrogens (tertiary/aromatic N) is 1. The van der Waals surface area contributed by atoms with E-state index in [4.69, 9.17) is 4.74 Å². The quantitative estimate of drug-likeness (QED) is 0.776. The number of fused-ring (bicyclic) bond motifs is 1. The number of carboxylic acid groups (broad SMARTS) is 1. The van der Waals surface area contributed by atoms with E-state index in [2.05, 4.69) is 4.98 Å². The second-order valence-corrected chi connectivity index (χ2v) is 5.10. The van der Waals surface area contributed by atoms with Crippen LogP contribution in [0.25, 0.3) is 22.2 Å². The lowest BCUT2D eigenvalue weighted by Gasteiger charge is -2.10. The summed E-state index contributed by atoms with van der Waals surface area (Å²) in [5.41, 5.74) is 0.270. The second kappa shape index (κ2) is 6.23. The van der Waals surface area contributed by atoms with Gasteiger partial charge in [0.05, 0.1) is 23.4 Å². The predicted octanol–water partition coefficient (Wildman–Crippen LogP) is 4.28. The van der Waals surface area contributed by atoms with Gasteiger partial charge in [-0.15, -0.1) is 0 Å². The van der Waals surface area contributed by atoms with Crippen LogP contribution >= 0.6 is 0 Å². The van der Waals surface area contributed by atoms with Crippen molar-refractivity contribution in [3.8, 4) is 17.0 Å². The Morgan fingerprint density at radius 1 is 1.17 bits per heavy atom. The van der Waals surface area contributed by atoms with Gasteiger partial charge in [0.2, 0.25) is 0 Å². The standard InChI is InChI=1S/C18H13F2NO3/c1-2-24-11-4-6-16-12(8-11)13(18(22)23)9-17(21-16)14-7-10(19)3-5-15(14)20/h3-9H,2H2,1H3,(H,22,23). The van der Waals surface area contributed by atoms with Crippen molar-refractivity contribution in [2.45, 2.75) is 6.92 Å². The maximum absolute atomic E-state index is 14.0. The van der Waals surface area contributed by atoms with Gasteiger partial charge in [0, 0.05) is 10.9 Å². The van der Waals surface area contributed by atoms with Crippen LogP contribution in [0.15, 0.2) is 42.5 Å². The summed E-state index contributed by atoms with van der Waals surface area (Å²) in [5.74, 6) is -1.98. The molecule has 0 radical (unpaired) electrons. The molecule has 0 atom stereocenters. The number of halogens is 2. The van der Waals surface area contributed by atoms with Crippen LogP contribution in [0.4, 0.5) is 8.78 Å². The minimum atomic E-state index is -1.19. The predicted molar refractivity (Wildman–Crippen MR) is 85.2 cm³/mol. The number of aromatic nitrogens is 1. The third-order valence-electron chi connectivity index (χ3n) is 3.53. The molecule has 0 aliphatic carbocycles. The zero-order chi connectivity index (χ0) is 17.3. The highest BCUT2D eigenvalue weighted by atomic mass is 19.1. The Labute approximate surface area is 136 Å². The third kappa shape index (κ3) is 2.90. The van der Waals surface area contributed by atoms with Crippen LogP contribution in [0.2, 0.25) is 0 Å². The van der Waals surface area contributed by atoms with Crippen LogP contribution in [-0.4, -0.2) is 22.7 Å². The minimum Gasteiger partial charge on any atom is -0.494 e. The third-order valence-corrected chi connectivity index (χ3v) is 3.53. The molecule has 0 unspecified atom stereocenters. The van der Waals surface area contributed by atoms with E-state index >= 15 is 0 Å².